The molecule has 0 bridgehead atoms. The van der Waals surface area contributed by atoms with Crippen molar-refractivity contribution in [1.82, 2.24) is 29.5 Å². The van der Waals surface area contributed by atoms with Crippen LogP contribution in [0.25, 0.3) is 5.65 Å². The Morgan fingerprint density at radius 3 is 2.79 bits per heavy atom. The molecule has 0 aliphatic rings. The minimum Gasteiger partial charge on any atom is -0.350 e. The Labute approximate surface area is 177 Å². The summed E-state index contributed by atoms with van der Waals surface area (Å²) in [6, 6.07) is 13.7. The molecule has 0 atom stereocenters. The van der Waals surface area contributed by atoms with E-state index in [0.29, 0.717) is 18.1 Å². The van der Waals surface area contributed by atoms with E-state index in [-0.39, 0.29) is 11.7 Å². The molecule has 0 spiro atoms. The second kappa shape index (κ2) is 8.67. The number of aryl methyl sites for hydroxylation is 1. The monoisotopic (exact) mass is 426 g/mol. The van der Waals surface area contributed by atoms with E-state index < -0.39 is 0 Å². The Bertz CT molecular complexity index is 1140. The van der Waals surface area contributed by atoms with Gasteiger partial charge in [0.15, 0.2) is 5.16 Å². The molecule has 4 aromatic rings. The highest BCUT2D eigenvalue weighted by atomic mass is 35.5. The number of halogens is 1. The van der Waals surface area contributed by atoms with E-state index in [2.05, 4.69) is 32.6 Å². The molecule has 0 radical (unpaired) electrons. The van der Waals surface area contributed by atoms with Gasteiger partial charge in [0.05, 0.1) is 29.6 Å². The van der Waals surface area contributed by atoms with Crippen LogP contribution in [0.2, 0.25) is 5.02 Å². The molecule has 9 heteroatoms. The van der Waals surface area contributed by atoms with Crippen LogP contribution < -0.4 is 5.32 Å². The Kier molecular flexibility index (Phi) is 5.82. The minimum absolute atomic E-state index is 0.0861. The lowest BCUT2D eigenvalue weighted by Gasteiger charge is -2.08. The number of aromatic nitrogens is 5. The zero-order valence-corrected chi connectivity index (χ0v) is 17.3. The molecule has 4 rings (SSSR count). The zero-order chi connectivity index (χ0) is 20.2. The van der Waals surface area contributed by atoms with Crippen molar-refractivity contribution in [1.29, 1.82) is 0 Å². The molecule has 3 heterocycles. The first-order valence-corrected chi connectivity index (χ1v) is 10.4. The van der Waals surface area contributed by atoms with Crippen molar-refractivity contribution in [2.45, 2.75) is 25.2 Å². The third kappa shape index (κ3) is 4.78. The van der Waals surface area contributed by atoms with Gasteiger partial charge < -0.3 is 14.3 Å². The number of nitrogens with zero attached hydrogens (tertiary/aromatic N) is 5. The summed E-state index contributed by atoms with van der Waals surface area (Å²) < 4.78 is 3.85. The third-order valence-corrected chi connectivity index (χ3v) is 5.54. The van der Waals surface area contributed by atoms with Crippen molar-refractivity contribution in [3.63, 3.8) is 0 Å². The molecule has 1 N–H and O–H groups in total. The zero-order valence-electron chi connectivity index (χ0n) is 15.7. The summed E-state index contributed by atoms with van der Waals surface area (Å²) in [6.07, 6.45) is 3.64. The number of amides is 1. The lowest BCUT2D eigenvalue weighted by Crippen LogP contribution is -2.25. The van der Waals surface area contributed by atoms with Crippen LogP contribution in [0, 0.1) is 6.92 Å². The van der Waals surface area contributed by atoms with Gasteiger partial charge in [0.2, 0.25) is 5.91 Å². The molecule has 0 fully saturated rings. The number of hydrogen-bond donors (Lipinski definition) is 1. The van der Waals surface area contributed by atoms with Gasteiger partial charge in [-0.15, -0.1) is 10.2 Å². The standard InChI is InChI=1S/C20H19ClN6OS/c1-14-24-25-20(27(14)10-15-5-3-2-4-6-15)29-13-19(28)22-9-17-12-26-11-16(21)7-8-18(26)23-17/h2-8,11-12H,9-10,13H2,1H3,(H,22,28). The first kappa shape index (κ1) is 19.5. The normalized spacial score (nSPS) is 11.1. The molecule has 3 aromatic heterocycles. The number of hydrogen-bond acceptors (Lipinski definition) is 5. The van der Waals surface area contributed by atoms with Crippen molar-refractivity contribution in [3.8, 4) is 0 Å². The van der Waals surface area contributed by atoms with E-state index >= 15 is 0 Å². The predicted octanol–water partition coefficient (Wildman–Crippen LogP) is 3.34. The van der Waals surface area contributed by atoms with E-state index in [1.54, 1.807) is 12.3 Å². The lowest BCUT2D eigenvalue weighted by molar-refractivity contribution is -0.118. The van der Waals surface area contributed by atoms with Gasteiger partial charge in [-0.1, -0.05) is 53.7 Å². The number of carbonyl (C=O) groups excluding carboxylic acids is 1. The fourth-order valence-electron chi connectivity index (χ4n) is 2.89. The highest BCUT2D eigenvalue weighted by Gasteiger charge is 2.12. The average molecular weight is 427 g/mol. The first-order chi connectivity index (χ1) is 14.1. The van der Waals surface area contributed by atoms with Crippen molar-refractivity contribution in [2.75, 3.05) is 5.75 Å². The van der Waals surface area contributed by atoms with Crippen LogP contribution >= 0.6 is 23.4 Å². The molecule has 7 nitrogen and oxygen atoms in total. The van der Waals surface area contributed by atoms with Gasteiger partial charge in [-0.05, 0) is 24.6 Å². The van der Waals surface area contributed by atoms with Crippen LogP contribution in [-0.2, 0) is 17.9 Å². The van der Waals surface area contributed by atoms with Gasteiger partial charge in [-0.25, -0.2) is 4.98 Å². The Hall–Kier alpha value is -2.84. The van der Waals surface area contributed by atoms with E-state index in [0.717, 1.165) is 27.9 Å². The lowest BCUT2D eigenvalue weighted by atomic mass is 10.2. The maximum absolute atomic E-state index is 12.3. The SMILES string of the molecule is Cc1nnc(SCC(=O)NCc2cn3cc(Cl)ccc3n2)n1Cc1ccccc1. The van der Waals surface area contributed by atoms with Gasteiger partial charge in [0.25, 0.3) is 0 Å². The Morgan fingerprint density at radius 1 is 1.14 bits per heavy atom. The van der Waals surface area contributed by atoms with E-state index in [1.807, 2.05) is 46.4 Å². The molecule has 148 valence electrons. The number of benzene rings is 1. The summed E-state index contributed by atoms with van der Waals surface area (Å²) in [4.78, 5) is 16.8. The number of rotatable bonds is 7. The van der Waals surface area contributed by atoms with E-state index in [4.69, 9.17) is 11.6 Å². The predicted molar refractivity (Wildman–Crippen MR) is 113 cm³/mol. The number of carbonyl (C=O) groups is 1. The van der Waals surface area contributed by atoms with Crippen LogP contribution in [-0.4, -0.2) is 35.8 Å². The van der Waals surface area contributed by atoms with Gasteiger partial charge in [0, 0.05) is 12.4 Å². The van der Waals surface area contributed by atoms with Crippen molar-refractivity contribution in [2.24, 2.45) is 0 Å². The summed E-state index contributed by atoms with van der Waals surface area (Å²) in [5.74, 6) is 0.990. The molecular formula is C20H19ClN6OS. The number of thioether (sulfide) groups is 1. The van der Waals surface area contributed by atoms with Gasteiger partial charge in [-0.3, -0.25) is 4.79 Å². The molecule has 0 saturated heterocycles. The van der Waals surface area contributed by atoms with Crippen molar-refractivity contribution in [3.05, 3.63) is 77.0 Å². The molecule has 29 heavy (non-hydrogen) atoms. The Morgan fingerprint density at radius 2 is 1.97 bits per heavy atom. The average Bonchev–Trinajstić information content (AvgIpc) is 3.28. The highest BCUT2D eigenvalue weighted by Crippen LogP contribution is 2.18. The molecule has 0 unspecified atom stereocenters. The largest absolute Gasteiger partial charge is 0.350 e. The number of fused-ring (bicyclic) bond motifs is 1. The Balaban J connectivity index is 1.33. The molecular weight excluding hydrogens is 408 g/mol. The number of pyridine rings is 1. The fourth-order valence-corrected chi connectivity index (χ4v) is 3.87. The van der Waals surface area contributed by atoms with Crippen molar-refractivity contribution >= 4 is 34.9 Å². The van der Waals surface area contributed by atoms with Crippen LogP contribution in [0.4, 0.5) is 0 Å². The van der Waals surface area contributed by atoms with Crippen LogP contribution in [0.5, 0.6) is 0 Å². The maximum Gasteiger partial charge on any atom is 0.230 e. The van der Waals surface area contributed by atoms with Gasteiger partial charge >= 0.3 is 0 Å². The van der Waals surface area contributed by atoms with Crippen LogP contribution in [0.3, 0.4) is 0 Å². The van der Waals surface area contributed by atoms with Gasteiger partial charge in [0.1, 0.15) is 11.5 Å². The van der Waals surface area contributed by atoms with Crippen LogP contribution in [0.1, 0.15) is 17.1 Å². The second-order valence-corrected chi connectivity index (χ2v) is 7.89. The molecule has 0 saturated carbocycles. The smallest absolute Gasteiger partial charge is 0.230 e. The maximum atomic E-state index is 12.3. The number of imidazole rings is 1. The number of nitrogens with one attached hydrogen (secondary N) is 1. The summed E-state index contributed by atoms with van der Waals surface area (Å²) in [6.45, 7) is 2.94. The summed E-state index contributed by atoms with van der Waals surface area (Å²) >= 11 is 7.36. The van der Waals surface area contributed by atoms with E-state index in [9.17, 15) is 4.79 Å². The minimum atomic E-state index is -0.0861. The highest BCUT2D eigenvalue weighted by molar-refractivity contribution is 7.99. The summed E-state index contributed by atoms with van der Waals surface area (Å²) in [5, 5.41) is 12.6. The molecule has 1 aromatic carbocycles. The first-order valence-electron chi connectivity index (χ1n) is 9.05. The second-order valence-electron chi connectivity index (χ2n) is 6.51. The molecule has 1 amide bonds. The topological polar surface area (TPSA) is 77.1 Å². The van der Waals surface area contributed by atoms with E-state index in [1.165, 1.54) is 11.8 Å². The quantitative estimate of drug-likeness (QED) is 0.458. The van der Waals surface area contributed by atoms with Crippen LogP contribution in [0.15, 0.2) is 60.0 Å². The fraction of sp³-hybridized carbons (Fsp3) is 0.200. The summed E-state index contributed by atoms with van der Waals surface area (Å²) in [7, 11) is 0. The third-order valence-electron chi connectivity index (χ3n) is 4.35. The molecule has 0 aliphatic heterocycles. The van der Waals surface area contributed by atoms with Gasteiger partial charge in [-0.2, -0.15) is 0 Å². The van der Waals surface area contributed by atoms with Crippen molar-refractivity contribution < 1.29 is 4.79 Å². The molecule has 0 aliphatic carbocycles. The summed E-state index contributed by atoms with van der Waals surface area (Å²) in [5.41, 5.74) is 2.72.